The summed E-state index contributed by atoms with van der Waals surface area (Å²) >= 11 is 0. The molecule has 2 rings (SSSR count). The maximum absolute atomic E-state index is 4.53. The van der Waals surface area contributed by atoms with Crippen LogP contribution in [0, 0.1) is 0 Å². The standard InChI is InChI=1S/C12H17N/c1-3-9(2)11-7-10-5-4-6-12(10)13-8-11/h7-9H,3-6H2,1-2H3. The Kier molecular flexibility index (Phi) is 2.34. The quantitative estimate of drug-likeness (QED) is 0.673. The summed E-state index contributed by atoms with van der Waals surface area (Å²) < 4.78 is 0. The second-order valence-electron chi connectivity index (χ2n) is 4.04. The fourth-order valence-electron chi connectivity index (χ4n) is 1.95. The van der Waals surface area contributed by atoms with Crippen molar-refractivity contribution < 1.29 is 0 Å². The zero-order chi connectivity index (χ0) is 9.26. The van der Waals surface area contributed by atoms with Crippen LogP contribution in [0.3, 0.4) is 0 Å². The first-order valence-electron chi connectivity index (χ1n) is 5.29. The van der Waals surface area contributed by atoms with E-state index in [0.29, 0.717) is 5.92 Å². The molecule has 13 heavy (non-hydrogen) atoms. The van der Waals surface area contributed by atoms with Gasteiger partial charge in [-0.3, -0.25) is 4.98 Å². The molecular weight excluding hydrogens is 158 g/mol. The summed E-state index contributed by atoms with van der Waals surface area (Å²) in [5.74, 6) is 0.665. The molecule has 0 amide bonds. The summed E-state index contributed by atoms with van der Waals surface area (Å²) in [5.41, 5.74) is 4.26. The molecule has 70 valence electrons. The van der Waals surface area contributed by atoms with Crippen LogP contribution >= 0.6 is 0 Å². The van der Waals surface area contributed by atoms with Gasteiger partial charge >= 0.3 is 0 Å². The van der Waals surface area contributed by atoms with Crippen molar-refractivity contribution in [1.82, 2.24) is 4.98 Å². The third kappa shape index (κ3) is 1.60. The third-order valence-electron chi connectivity index (χ3n) is 3.12. The molecular formula is C12H17N. The molecule has 1 unspecified atom stereocenters. The van der Waals surface area contributed by atoms with E-state index in [-0.39, 0.29) is 0 Å². The average Bonchev–Trinajstić information content (AvgIpc) is 2.63. The molecule has 0 saturated carbocycles. The molecule has 1 aliphatic rings. The maximum atomic E-state index is 4.53. The van der Waals surface area contributed by atoms with Gasteiger partial charge in [-0.2, -0.15) is 0 Å². The molecule has 0 aliphatic heterocycles. The zero-order valence-corrected chi connectivity index (χ0v) is 8.51. The van der Waals surface area contributed by atoms with Crippen molar-refractivity contribution in [3.63, 3.8) is 0 Å². The summed E-state index contributed by atoms with van der Waals surface area (Å²) in [6.45, 7) is 4.51. The predicted octanol–water partition coefficient (Wildman–Crippen LogP) is 3.08. The Morgan fingerprint density at radius 2 is 2.31 bits per heavy atom. The van der Waals surface area contributed by atoms with Crippen LogP contribution in [-0.2, 0) is 12.8 Å². The van der Waals surface area contributed by atoms with Crippen LogP contribution < -0.4 is 0 Å². The molecule has 0 bridgehead atoms. The molecule has 1 nitrogen and oxygen atoms in total. The van der Waals surface area contributed by atoms with Crippen molar-refractivity contribution in [3.05, 3.63) is 29.1 Å². The Morgan fingerprint density at radius 3 is 3.08 bits per heavy atom. The van der Waals surface area contributed by atoms with E-state index in [1.54, 1.807) is 0 Å². The summed E-state index contributed by atoms with van der Waals surface area (Å²) in [6, 6.07) is 2.36. The van der Waals surface area contributed by atoms with Crippen molar-refractivity contribution >= 4 is 0 Å². The lowest BCUT2D eigenvalue weighted by atomic mass is 9.99. The Balaban J connectivity index is 2.30. The predicted molar refractivity (Wildman–Crippen MR) is 55.0 cm³/mol. The molecule has 1 heterocycles. The maximum Gasteiger partial charge on any atom is 0.0435 e. The van der Waals surface area contributed by atoms with Crippen molar-refractivity contribution in [2.75, 3.05) is 0 Å². The highest BCUT2D eigenvalue weighted by molar-refractivity contribution is 5.30. The van der Waals surface area contributed by atoms with Crippen LogP contribution in [0.1, 0.15) is 49.4 Å². The summed E-state index contributed by atoms with van der Waals surface area (Å²) in [6.07, 6.45) is 7.01. The number of rotatable bonds is 2. The van der Waals surface area contributed by atoms with E-state index < -0.39 is 0 Å². The van der Waals surface area contributed by atoms with Crippen LogP contribution in [0.15, 0.2) is 12.3 Å². The molecule has 1 atom stereocenters. The molecule has 0 spiro atoms. The Bertz CT molecular complexity index is 304. The highest BCUT2D eigenvalue weighted by Gasteiger charge is 2.13. The van der Waals surface area contributed by atoms with Gasteiger partial charge in [0.05, 0.1) is 0 Å². The molecule has 0 radical (unpaired) electrons. The third-order valence-corrected chi connectivity index (χ3v) is 3.12. The first-order valence-corrected chi connectivity index (χ1v) is 5.29. The second-order valence-corrected chi connectivity index (χ2v) is 4.04. The Hall–Kier alpha value is -0.850. The second kappa shape index (κ2) is 3.49. The fraction of sp³-hybridized carbons (Fsp3) is 0.583. The lowest BCUT2D eigenvalue weighted by Crippen LogP contribution is -1.96. The topological polar surface area (TPSA) is 12.9 Å². The first kappa shape index (κ1) is 8.74. The van der Waals surface area contributed by atoms with Gasteiger partial charge in [-0.15, -0.1) is 0 Å². The van der Waals surface area contributed by atoms with Crippen LogP contribution in [0.4, 0.5) is 0 Å². The van der Waals surface area contributed by atoms with Crippen LogP contribution in [0.5, 0.6) is 0 Å². The van der Waals surface area contributed by atoms with Gasteiger partial charge in [-0.25, -0.2) is 0 Å². The Morgan fingerprint density at radius 1 is 1.46 bits per heavy atom. The van der Waals surface area contributed by atoms with Crippen molar-refractivity contribution in [2.45, 2.75) is 45.4 Å². The van der Waals surface area contributed by atoms with E-state index in [1.807, 2.05) is 0 Å². The van der Waals surface area contributed by atoms with Gasteiger partial charge in [0.15, 0.2) is 0 Å². The van der Waals surface area contributed by atoms with E-state index in [4.69, 9.17) is 0 Å². The lowest BCUT2D eigenvalue weighted by molar-refractivity contribution is 0.727. The van der Waals surface area contributed by atoms with Gasteiger partial charge in [0, 0.05) is 11.9 Å². The normalized spacial score (nSPS) is 17.1. The minimum absolute atomic E-state index is 0.665. The highest BCUT2D eigenvalue weighted by Crippen LogP contribution is 2.25. The molecule has 1 aromatic heterocycles. The number of fused-ring (bicyclic) bond motifs is 1. The number of aryl methyl sites for hydroxylation is 2. The van der Waals surface area contributed by atoms with Gasteiger partial charge < -0.3 is 0 Å². The highest BCUT2D eigenvalue weighted by atomic mass is 14.7. The Labute approximate surface area is 80.2 Å². The van der Waals surface area contributed by atoms with Crippen molar-refractivity contribution in [2.24, 2.45) is 0 Å². The molecule has 1 heteroatoms. The number of aromatic nitrogens is 1. The summed E-state index contributed by atoms with van der Waals surface area (Å²) in [7, 11) is 0. The molecule has 0 fully saturated rings. The smallest absolute Gasteiger partial charge is 0.0435 e. The molecule has 0 saturated heterocycles. The van der Waals surface area contributed by atoms with E-state index in [2.05, 4.69) is 31.1 Å². The van der Waals surface area contributed by atoms with Crippen molar-refractivity contribution in [1.29, 1.82) is 0 Å². The minimum atomic E-state index is 0.665. The van der Waals surface area contributed by atoms with E-state index in [0.717, 1.165) is 0 Å². The summed E-state index contributed by atoms with van der Waals surface area (Å²) in [4.78, 5) is 4.53. The summed E-state index contributed by atoms with van der Waals surface area (Å²) in [5, 5.41) is 0. The largest absolute Gasteiger partial charge is 0.261 e. The fourth-order valence-corrected chi connectivity index (χ4v) is 1.95. The van der Waals surface area contributed by atoms with E-state index in [1.165, 1.54) is 42.5 Å². The van der Waals surface area contributed by atoms with E-state index >= 15 is 0 Å². The van der Waals surface area contributed by atoms with Gasteiger partial charge in [0.1, 0.15) is 0 Å². The zero-order valence-electron chi connectivity index (χ0n) is 8.51. The van der Waals surface area contributed by atoms with Gasteiger partial charge in [-0.1, -0.05) is 19.9 Å². The molecule has 1 aliphatic carbocycles. The van der Waals surface area contributed by atoms with Crippen molar-refractivity contribution in [3.8, 4) is 0 Å². The molecule has 0 N–H and O–H groups in total. The van der Waals surface area contributed by atoms with E-state index in [9.17, 15) is 0 Å². The van der Waals surface area contributed by atoms with Gasteiger partial charge in [0.2, 0.25) is 0 Å². The van der Waals surface area contributed by atoms with Crippen LogP contribution in [0.25, 0.3) is 0 Å². The monoisotopic (exact) mass is 175 g/mol. The molecule has 0 aromatic carbocycles. The number of hydrogen-bond donors (Lipinski definition) is 0. The first-order chi connectivity index (χ1) is 6.31. The SMILES string of the molecule is CCC(C)c1cnc2c(c1)CCC2. The number of nitrogens with zero attached hydrogens (tertiary/aromatic N) is 1. The van der Waals surface area contributed by atoms with Gasteiger partial charge in [0.25, 0.3) is 0 Å². The van der Waals surface area contributed by atoms with Gasteiger partial charge in [-0.05, 0) is 42.7 Å². The molecule has 1 aromatic rings. The number of hydrogen-bond acceptors (Lipinski definition) is 1. The average molecular weight is 175 g/mol. The number of pyridine rings is 1. The van der Waals surface area contributed by atoms with Crippen LogP contribution in [0.2, 0.25) is 0 Å². The lowest BCUT2D eigenvalue weighted by Gasteiger charge is -2.09. The minimum Gasteiger partial charge on any atom is -0.261 e. The van der Waals surface area contributed by atoms with Crippen LogP contribution in [-0.4, -0.2) is 4.98 Å².